The van der Waals surface area contributed by atoms with E-state index in [0.29, 0.717) is 38.3 Å². The van der Waals surface area contributed by atoms with Crippen LogP contribution in [0.25, 0.3) is 10.8 Å². The van der Waals surface area contributed by atoms with E-state index in [2.05, 4.69) is 6.07 Å². The van der Waals surface area contributed by atoms with Crippen LogP contribution in [0.5, 0.6) is 0 Å². The molecule has 0 bridgehead atoms. The summed E-state index contributed by atoms with van der Waals surface area (Å²) in [6.45, 7) is 2.52. The highest BCUT2D eigenvalue weighted by Crippen LogP contribution is 2.19. The molecule has 1 aliphatic heterocycles. The molecule has 0 saturated carbocycles. The molecule has 0 aromatic heterocycles. The highest BCUT2D eigenvalue weighted by molar-refractivity contribution is 5.98. The Morgan fingerprint density at radius 2 is 1.86 bits per heavy atom. The molecule has 0 spiro atoms. The summed E-state index contributed by atoms with van der Waals surface area (Å²) in [5.74, 6) is 0.0568. The third-order valence-corrected chi connectivity index (χ3v) is 3.73. The number of hydrogen-bond acceptors (Lipinski definition) is 3. The van der Waals surface area contributed by atoms with Gasteiger partial charge in [0.25, 0.3) is 5.91 Å². The van der Waals surface area contributed by atoms with Crippen molar-refractivity contribution in [3.63, 3.8) is 0 Å². The van der Waals surface area contributed by atoms with Crippen LogP contribution in [0, 0.1) is 11.3 Å². The van der Waals surface area contributed by atoms with Crippen molar-refractivity contribution in [2.75, 3.05) is 26.3 Å². The van der Waals surface area contributed by atoms with Gasteiger partial charge in [0.1, 0.15) is 0 Å². The van der Waals surface area contributed by atoms with E-state index in [-0.39, 0.29) is 5.91 Å². The topological polar surface area (TPSA) is 53.3 Å². The molecule has 0 unspecified atom stereocenters. The number of hydrogen-bond donors (Lipinski definition) is 0. The second kappa shape index (κ2) is 5.94. The molecule has 2 aromatic carbocycles. The molecule has 1 heterocycles. The van der Waals surface area contributed by atoms with Crippen LogP contribution in [0.2, 0.25) is 0 Å². The van der Waals surface area contributed by atoms with Crippen LogP contribution in [0.4, 0.5) is 0 Å². The number of ether oxygens (including phenoxy) is 1. The summed E-state index contributed by atoms with van der Waals surface area (Å²) in [5.41, 5.74) is 1.70. The molecule has 0 aliphatic carbocycles. The Morgan fingerprint density at radius 1 is 1.14 bits per heavy atom. The molecule has 0 N–H and O–H groups in total. The summed E-state index contributed by atoms with van der Waals surface area (Å²) >= 11 is 0. The van der Waals surface area contributed by atoms with E-state index in [0.717, 1.165) is 16.3 Å². The number of carbonyl (C=O) groups excluding carboxylic acids is 1. The average Bonchev–Trinajstić information content (AvgIpc) is 2.55. The second-order valence-corrected chi connectivity index (χ2v) is 5.14. The van der Waals surface area contributed by atoms with Gasteiger partial charge in [0.15, 0.2) is 0 Å². The Hall–Kier alpha value is -2.38. The first kappa shape index (κ1) is 13.6. The van der Waals surface area contributed by atoms with Gasteiger partial charge in [0.05, 0.1) is 25.7 Å². The van der Waals surface area contributed by atoms with Crippen LogP contribution < -0.4 is 0 Å². The zero-order valence-corrected chi connectivity index (χ0v) is 11.7. The summed E-state index contributed by atoms with van der Waals surface area (Å²) in [6.07, 6.45) is 0.407. The van der Waals surface area contributed by atoms with Crippen molar-refractivity contribution in [1.82, 2.24) is 4.90 Å². The largest absolute Gasteiger partial charge is 0.378 e. The Balaban J connectivity index is 1.88. The van der Waals surface area contributed by atoms with Crippen LogP contribution in [0.3, 0.4) is 0 Å². The molecule has 106 valence electrons. The fourth-order valence-corrected chi connectivity index (χ4v) is 2.58. The van der Waals surface area contributed by atoms with Crippen molar-refractivity contribution in [1.29, 1.82) is 5.26 Å². The van der Waals surface area contributed by atoms with Crippen LogP contribution in [0.15, 0.2) is 36.4 Å². The fourth-order valence-electron chi connectivity index (χ4n) is 2.58. The van der Waals surface area contributed by atoms with Crippen LogP contribution >= 0.6 is 0 Å². The van der Waals surface area contributed by atoms with Crippen LogP contribution in [-0.2, 0) is 11.2 Å². The van der Waals surface area contributed by atoms with Gasteiger partial charge >= 0.3 is 0 Å². The van der Waals surface area contributed by atoms with Gasteiger partial charge in [-0.3, -0.25) is 4.79 Å². The average molecular weight is 280 g/mol. The third-order valence-electron chi connectivity index (χ3n) is 3.73. The van der Waals surface area contributed by atoms with Crippen LogP contribution in [-0.4, -0.2) is 37.1 Å². The number of benzene rings is 2. The van der Waals surface area contributed by atoms with Crippen molar-refractivity contribution in [3.8, 4) is 6.07 Å². The Labute approximate surface area is 123 Å². The fraction of sp³-hybridized carbons (Fsp3) is 0.294. The molecule has 0 atom stereocenters. The predicted octanol–water partition coefficient (Wildman–Crippen LogP) is 2.38. The molecular weight excluding hydrogens is 264 g/mol. The summed E-state index contributed by atoms with van der Waals surface area (Å²) in [7, 11) is 0. The van der Waals surface area contributed by atoms with E-state index in [1.54, 1.807) is 0 Å². The zero-order chi connectivity index (χ0) is 14.7. The Morgan fingerprint density at radius 3 is 2.62 bits per heavy atom. The molecule has 21 heavy (non-hydrogen) atoms. The summed E-state index contributed by atoms with van der Waals surface area (Å²) in [4.78, 5) is 14.3. The van der Waals surface area contributed by atoms with E-state index in [4.69, 9.17) is 10.00 Å². The lowest BCUT2D eigenvalue weighted by atomic mass is 10.0. The van der Waals surface area contributed by atoms with Gasteiger partial charge in [0, 0.05) is 18.7 Å². The SMILES string of the molecule is N#CCc1ccc2cc(C(=O)N3CCOCC3)ccc2c1. The van der Waals surface area contributed by atoms with E-state index in [1.807, 2.05) is 41.3 Å². The minimum atomic E-state index is 0.0568. The lowest BCUT2D eigenvalue weighted by Crippen LogP contribution is -2.40. The first-order valence-electron chi connectivity index (χ1n) is 7.04. The Bertz CT molecular complexity index is 712. The minimum Gasteiger partial charge on any atom is -0.378 e. The third kappa shape index (κ3) is 2.88. The van der Waals surface area contributed by atoms with Crippen molar-refractivity contribution >= 4 is 16.7 Å². The summed E-state index contributed by atoms with van der Waals surface area (Å²) in [6, 6.07) is 13.8. The van der Waals surface area contributed by atoms with E-state index < -0.39 is 0 Å². The first-order valence-corrected chi connectivity index (χ1v) is 7.04. The van der Waals surface area contributed by atoms with Gasteiger partial charge in [-0.05, 0) is 28.5 Å². The van der Waals surface area contributed by atoms with E-state index in [9.17, 15) is 4.79 Å². The summed E-state index contributed by atoms with van der Waals surface area (Å²) in [5, 5.41) is 10.8. The monoisotopic (exact) mass is 280 g/mol. The predicted molar refractivity (Wildman–Crippen MR) is 80.0 cm³/mol. The molecule has 1 saturated heterocycles. The number of nitriles is 1. The number of rotatable bonds is 2. The van der Waals surface area contributed by atoms with Gasteiger partial charge in [0.2, 0.25) is 0 Å². The number of fused-ring (bicyclic) bond motifs is 1. The minimum absolute atomic E-state index is 0.0568. The second-order valence-electron chi connectivity index (χ2n) is 5.14. The van der Waals surface area contributed by atoms with Crippen molar-refractivity contribution in [2.45, 2.75) is 6.42 Å². The number of nitrogens with zero attached hydrogens (tertiary/aromatic N) is 2. The lowest BCUT2D eigenvalue weighted by Gasteiger charge is -2.27. The lowest BCUT2D eigenvalue weighted by molar-refractivity contribution is 0.0303. The van der Waals surface area contributed by atoms with Gasteiger partial charge in [-0.1, -0.05) is 24.3 Å². The molecule has 3 rings (SSSR count). The Kier molecular flexibility index (Phi) is 3.85. The van der Waals surface area contributed by atoms with E-state index in [1.165, 1.54) is 0 Å². The molecule has 0 radical (unpaired) electrons. The molecule has 1 aliphatic rings. The molecule has 1 amide bonds. The van der Waals surface area contributed by atoms with Crippen molar-refractivity contribution < 1.29 is 9.53 Å². The van der Waals surface area contributed by atoms with E-state index >= 15 is 0 Å². The van der Waals surface area contributed by atoms with Gasteiger partial charge in [-0.2, -0.15) is 5.26 Å². The molecule has 4 nitrogen and oxygen atoms in total. The number of amides is 1. The van der Waals surface area contributed by atoms with Gasteiger partial charge in [-0.15, -0.1) is 0 Å². The standard InChI is InChI=1S/C17H16N2O2/c18-6-5-13-1-2-15-12-16(4-3-14(15)11-13)17(20)19-7-9-21-10-8-19/h1-4,11-12H,5,7-10H2. The molecular formula is C17H16N2O2. The number of morpholine rings is 1. The smallest absolute Gasteiger partial charge is 0.254 e. The van der Waals surface area contributed by atoms with Gasteiger partial charge < -0.3 is 9.64 Å². The highest BCUT2D eigenvalue weighted by Gasteiger charge is 2.18. The molecule has 1 fully saturated rings. The maximum Gasteiger partial charge on any atom is 0.254 e. The maximum atomic E-state index is 12.4. The molecule has 4 heteroatoms. The number of carbonyl (C=O) groups is 1. The molecule has 2 aromatic rings. The highest BCUT2D eigenvalue weighted by atomic mass is 16.5. The van der Waals surface area contributed by atoms with Crippen molar-refractivity contribution in [2.24, 2.45) is 0 Å². The van der Waals surface area contributed by atoms with Crippen molar-refractivity contribution in [3.05, 3.63) is 47.5 Å². The summed E-state index contributed by atoms with van der Waals surface area (Å²) < 4.78 is 5.27. The maximum absolute atomic E-state index is 12.4. The normalized spacial score (nSPS) is 14.9. The van der Waals surface area contributed by atoms with Gasteiger partial charge in [-0.25, -0.2) is 0 Å². The van der Waals surface area contributed by atoms with Crippen LogP contribution in [0.1, 0.15) is 15.9 Å². The first-order chi connectivity index (χ1) is 10.3. The zero-order valence-electron chi connectivity index (χ0n) is 11.7. The quantitative estimate of drug-likeness (QED) is 0.848.